The van der Waals surface area contributed by atoms with Gasteiger partial charge < -0.3 is 19.3 Å². The van der Waals surface area contributed by atoms with E-state index in [1.54, 1.807) is 33.0 Å². The Labute approximate surface area is 195 Å². The Morgan fingerprint density at radius 1 is 1.00 bits per heavy atom. The fraction of sp³-hybridized carbons (Fsp3) is 0.423. The second kappa shape index (κ2) is 12.0. The van der Waals surface area contributed by atoms with E-state index >= 15 is 0 Å². The lowest BCUT2D eigenvalue weighted by molar-refractivity contribution is 0.103. The Kier molecular flexibility index (Phi) is 8.87. The van der Waals surface area contributed by atoms with Crippen molar-refractivity contribution in [3.63, 3.8) is 0 Å². The van der Waals surface area contributed by atoms with Crippen molar-refractivity contribution in [2.24, 2.45) is 0 Å². The highest BCUT2D eigenvalue weighted by Crippen LogP contribution is 2.28. The first kappa shape index (κ1) is 24.3. The molecule has 33 heavy (non-hydrogen) atoms. The van der Waals surface area contributed by atoms with Crippen molar-refractivity contribution in [1.29, 1.82) is 0 Å². The number of carbonyl (C=O) groups excluding carboxylic acids is 1. The maximum Gasteiger partial charge on any atom is 0.410 e. The second-order valence-corrected chi connectivity index (χ2v) is 8.39. The number of carbonyl (C=O) groups is 1. The lowest BCUT2D eigenvalue weighted by Gasteiger charge is -2.17. The quantitative estimate of drug-likeness (QED) is 0.499. The average Bonchev–Trinajstić information content (AvgIpc) is 3.21. The highest BCUT2D eigenvalue weighted by molar-refractivity contribution is 5.68. The fourth-order valence-corrected chi connectivity index (χ4v) is 3.65. The summed E-state index contributed by atoms with van der Waals surface area (Å²) in [5, 5.41) is 13.7. The van der Waals surface area contributed by atoms with Crippen molar-refractivity contribution >= 4 is 6.09 Å². The predicted molar refractivity (Wildman–Crippen MR) is 127 cm³/mol. The Hall–Kier alpha value is -3.35. The molecule has 176 valence electrons. The minimum absolute atomic E-state index is 0.109. The first-order chi connectivity index (χ1) is 16.0. The van der Waals surface area contributed by atoms with Gasteiger partial charge in [-0.25, -0.2) is 9.78 Å². The zero-order chi connectivity index (χ0) is 23.6. The van der Waals surface area contributed by atoms with Gasteiger partial charge in [0.1, 0.15) is 18.1 Å². The minimum atomic E-state index is -0.444. The van der Waals surface area contributed by atoms with E-state index in [0.29, 0.717) is 22.8 Å². The van der Waals surface area contributed by atoms with Gasteiger partial charge in [-0.1, -0.05) is 74.0 Å². The number of benzene rings is 1. The molecule has 0 bridgehead atoms. The molecule has 0 radical (unpaired) electrons. The lowest BCUT2D eigenvalue weighted by atomic mass is 10.0. The van der Waals surface area contributed by atoms with Crippen LogP contribution in [0.4, 0.5) is 4.79 Å². The molecule has 2 aromatic heterocycles. The molecule has 0 saturated heterocycles. The van der Waals surface area contributed by atoms with E-state index in [1.807, 2.05) is 30.3 Å². The summed E-state index contributed by atoms with van der Waals surface area (Å²) >= 11 is 0. The van der Waals surface area contributed by atoms with Crippen molar-refractivity contribution in [3.05, 3.63) is 65.0 Å². The van der Waals surface area contributed by atoms with Crippen LogP contribution in [0.5, 0.6) is 5.75 Å². The number of aryl methyl sites for hydroxylation is 2. The SMILES string of the molecule is C1CCCCC1.Cc1nc(-c2onc(C)c2CN(C)C(=O)OCc2ccccc2)ccc1O. The van der Waals surface area contributed by atoms with Crippen LogP contribution in [-0.2, 0) is 17.9 Å². The molecule has 1 saturated carbocycles. The summed E-state index contributed by atoms with van der Waals surface area (Å²) in [6, 6.07) is 12.7. The maximum atomic E-state index is 12.3. The number of rotatable bonds is 5. The van der Waals surface area contributed by atoms with Crippen LogP contribution in [0.25, 0.3) is 11.5 Å². The minimum Gasteiger partial charge on any atom is -0.506 e. The summed E-state index contributed by atoms with van der Waals surface area (Å²) in [6.45, 7) is 3.98. The lowest BCUT2D eigenvalue weighted by Crippen LogP contribution is -2.27. The molecule has 0 aliphatic heterocycles. The van der Waals surface area contributed by atoms with Gasteiger partial charge in [0.15, 0.2) is 5.76 Å². The highest BCUT2D eigenvalue weighted by atomic mass is 16.6. The molecule has 7 heteroatoms. The number of ether oxygens (including phenoxy) is 1. The van der Waals surface area contributed by atoms with Crippen molar-refractivity contribution in [2.45, 2.75) is 65.5 Å². The largest absolute Gasteiger partial charge is 0.506 e. The van der Waals surface area contributed by atoms with E-state index in [1.165, 1.54) is 43.4 Å². The van der Waals surface area contributed by atoms with Gasteiger partial charge in [-0.3, -0.25) is 0 Å². The zero-order valence-corrected chi connectivity index (χ0v) is 19.7. The number of aromatic nitrogens is 2. The number of hydrogen-bond donors (Lipinski definition) is 1. The molecular formula is C26H33N3O4. The Balaban J connectivity index is 0.000000442. The van der Waals surface area contributed by atoms with Crippen LogP contribution in [0, 0.1) is 13.8 Å². The molecule has 2 heterocycles. The summed E-state index contributed by atoms with van der Waals surface area (Å²) in [5.74, 6) is 0.580. The Morgan fingerprint density at radius 3 is 2.24 bits per heavy atom. The van der Waals surface area contributed by atoms with Crippen LogP contribution in [0.15, 0.2) is 47.0 Å². The third-order valence-electron chi connectivity index (χ3n) is 5.69. The van der Waals surface area contributed by atoms with Crippen LogP contribution in [0.2, 0.25) is 0 Å². The van der Waals surface area contributed by atoms with Crippen LogP contribution >= 0.6 is 0 Å². The van der Waals surface area contributed by atoms with E-state index in [2.05, 4.69) is 10.1 Å². The number of nitrogens with zero attached hydrogens (tertiary/aromatic N) is 3. The molecule has 7 nitrogen and oxygen atoms in total. The first-order valence-electron chi connectivity index (χ1n) is 11.5. The third kappa shape index (κ3) is 7.07. The van der Waals surface area contributed by atoms with Gasteiger partial charge in [-0.2, -0.15) is 0 Å². The standard InChI is InChI=1S/C20H21N3O4.C6H12/c1-13-16(19(27-22-13)17-9-10-18(24)14(2)21-17)11-23(3)20(25)26-12-15-7-5-4-6-8-15;1-2-4-6-5-3-1/h4-10,24H,11-12H2,1-3H3;1-6H2. The van der Waals surface area contributed by atoms with Gasteiger partial charge in [0, 0.05) is 12.6 Å². The van der Waals surface area contributed by atoms with E-state index in [-0.39, 0.29) is 18.9 Å². The van der Waals surface area contributed by atoms with Crippen molar-refractivity contribution in [1.82, 2.24) is 15.0 Å². The number of pyridine rings is 1. The molecule has 1 N–H and O–H groups in total. The molecular weight excluding hydrogens is 418 g/mol. The molecule has 3 aromatic rings. The molecule has 1 aliphatic rings. The fourth-order valence-electron chi connectivity index (χ4n) is 3.65. The van der Waals surface area contributed by atoms with Gasteiger partial charge in [-0.05, 0) is 31.5 Å². The molecule has 1 aromatic carbocycles. The number of hydrogen-bond acceptors (Lipinski definition) is 6. The predicted octanol–water partition coefficient (Wildman–Crippen LogP) is 6.17. The average molecular weight is 452 g/mol. The van der Waals surface area contributed by atoms with Gasteiger partial charge in [-0.15, -0.1) is 0 Å². The molecule has 1 aliphatic carbocycles. The van der Waals surface area contributed by atoms with Crippen molar-refractivity contribution in [2.75, 3.05) is 7.05 Å². The van der Waals surface area contributed by atoms with Gasteiger partial charge in [0.2, 0.25) is 0 Å². The monoisotopic (exact) mass is 451 g/mol. The molecule has 4 rings (SSSR count). The van der Waals surface area contributed by atoms with E-state index in [4.69, 9.17) is 9.26 Å². The molecule has 1 fully saturated rings. The van der Waals surface area contributed by atoms with E-state index in [9.17, 15) is 9.90 Å². The molecule has 0 spiro atoms. The van der Waals surface area contributed by atoms with Gasteiger partial charge in [0.05, 0.1) is 17.9 Å². The Morgan fingerprint density at radius 2 is 1.64 bits per heavy atom. The van der Waals surface area contributed by atoms with Gasteiger partial charge in [0.25, 0.3) is 0 Å². The van der Waals surface area contributed by atoms with E-state index in [0.717, 1.165) is 11.1 Å². The molecule has 0 atom stereocenters. The van der Waals surface area contributed by atoms with Gasteiger partial charge >= 0.3 is 6.09 Å². The number of amides is 1. The first-order valence-corrected chi connectivity index (χ1v) is 11.5. The summed E-state index contributed by atoms with van der Waals surface area (Å²) in [6.07, 6.45) is 8.56. The summed E-state index contributed by atoms with van der Waals surface area (Å²) in [4.78, 5) is 18.1. The third-order valence-corrected chi connectivity index (χ3v) is 5.69. The summed E-state index contributed by atoms with van der Waals surface area (Å²) < 4.78 is 10.8. The highest BCUT2D eigenvalue weighted by Gasteiger charge is 2.21. The van der Waals surface area contributed by atoms with Crippen molar-refractivity contribution < 1.29 is 19.2 Å². The summed E-state index contributed by atoms with van der Waals surface area (Å²) in [5.41, 5.74) is 3.37. The van der Waals surface area contributed by atoms with Crippen LogP contribution in [0.3, 0.4) is 0 Å². The topological polar surface area (TPSA) is 88.7 Å². The second-order valence-electron chi connectivity index (χ2n) is 8.39. The smallest absolute Gasteiger partial charge is 0.410 e. The molecule has 0 unspecified atom stereocenters. The normalized spacial score (nSPS) is 13.1. The van der Waals surface area contributed by atoms with Crippen molar-refractivity contribution in [3.8, 4) is 17.2 Å². The molecule has 1 amide bonds. The van der Waals surface area contributed by atoms with E-state index < -0.39 is 6.09 Å². The maximum absolute atomic E-state index is 12.3. The van der Waals surface area contributed by atoms with Crippen LogP contribution in [0.1, 0.15) is 61.0 Å². The summed E-state index contributed by atoms with van der Waals surface area (Å²) in [7, 11) is 1.65. The zero-order valence-electron chi connectivity index (χ0n) is 19.7. The van der Waals surface area contributed by atoms with Crippen LogP contribution in [-0.4, -0.2) is 33.3 Å². The Bertz CT molecular complexity index is 1020. The number of aromatic hydroxyl groups is 1. The van der Waals surface area contributed by atoms with Crippen LogP contribution < -0.4 is 0 Å².